The molecule has 0 aliphatic rings. The summed E-state index contributed by atoms with van der Waals surface area (Å²) < 4.78 is 34.9. The van der Waals surface area contributed by atoms with Crippen molar-refractivity contribution in [2.75, 3.05) is 0 Å². The minimum Gasteiger partial charge on any atom is -0.261 e. The molecule has 0 spiro atoms. The largest absolute Gasteiger partial charge is 0.398 e. The van der Waals surface area contributed by atoms with Gasteiger partial charge in [-0.1, -0.05) is 6.07 Å². The number of halogens is 3. The Morgan fingerprint density at radius 2 is 2.00 bits per heavy atom. The SMILES string of the molecule is FC(F)(F)[CH]c1ccccn1. The van der Waals surface area contributed by atoms with Crippen molar-refractivity contribution in [3.8, 4) is 0 Å². The van der Waals surface area contributed by atoms with Crippen molar-refractivity contribution >= 4 is 0 Å². The minimum atomic E-state index is -4.28. The Hall–Kier alpha value is -1.06. The van der Waals surface area contributed by atoms with Gasteiger partial charge in [-0.25, -0.2) is 0 Å². The number of aromatic nitrogens is 1. The molecule has 1 radical (unpaired) electrons. The molecular formula is C7H5F3N. The van der Waals surface area contributed by atoms with E-state index in [-0.39, 0.29) is 12.1 Å². The van der Waals surface area contributed by atoms with Crippen molar-refractivity contribution in [2.45, 2.75) is 6.18 Å². The van der Waals surface area contributed by atoms with Crippen LogP contribution in [0.3, 0.4) is 0 Å². The van der Waals surface area contributed by atoms with Crippen LogP contribution in [0.1, 0.15) is 5.69 Å². The molecule has 0 N–H and O–H groups in total. The van der Waals surface area contributed by atoms with Crippen molar-refractivity contribution in [3.63, 3.8) is 0 Å². The van der Waals surface area contributed by atoms with Crippen molar-refractivity contribution in [2.24, 2.45) is 0 Å². The van der Waals surface area contributed by atoms with Crippen LogP contribution in [-0.4, -0.2) is 11.2 Å². The van der Waals surface area contributed by atoms with Crippen LogP contribution in [0.15, 0.2) is 24.4 Å². The first-order valence-electron chi connectivity index (χ1n) is 2.91. The van der Waals surface area contributed by atoms with Gasteiger partial charge in [-0.05, 0) is 12.1 Å². The highest BCUT2D eigenvalue weighted by Crippen LogP contribution is 2.21. The van der Waals surface area contributed by atoms with Crippen molar-refractivity contribution in [3.05, 3.63) is 36.5 Å². The normalized spacial score (nSPS) is 11.5. The Kier molecular flexibility index (Phi) is 2.12. The van der Waals surface area contributed by atoms with Gasteiger partial charge in [-0.2, -0.15) is 13.2 Å². The van der Waals surface area contributed by atoms with Crippen molar-refractivity contribution < 1.29 is 13.2 Å². The molecule has 0 fully saturated rings. The van der Waals surface area contributed by atoms with E-state index in [9.17, 15) is 13.2 Å². The summed E-state index contributed by atoms with van der Waals surface area (Å²) >= 11 is 0. The summed E-state index contributed by atoms with van der Waals surface area (Å²) in [4.78, 5) is 3.49. The van der Waals surface area contributed by atoms with Gasteiger partial charge in [-0.15, -0.1) is 0 Å². The van der Waals surface area contributed by atoms with Crippen LogP contribution in [-0.2, 0) is 0 Å². The van der Waals surface area contributed by atoms with Gasteiger partial charge in [0, 0.05) is 6.20 Å². The lowest BCUT2D eigenvalue weighted by molar-refractivity contribution is -0.0931. The molecule has 59 valence electrons. The molecule has 0 unspecified atom stereocenters. The van der Waals surface area contributed by atoms with E-state index in [1.54, 1.807) is 6.07 Å². The molecule has 0 amide bonds. The van der Waals surface area contributed by atoms with Gasteiger partial charge in [0.1, 0.15) is 6.42 Å². The van der Waals surface area contributed by atoms with Crippen molar-refractivity contribution in [1.82, 2.24) is 4.98 Å². The molecule has 1 aromatic rings. The molecule has 0 bridgehead atoms. The predicted molar refractivity (Wildman–Crippen MR) is 33.7 cm³/mol. The van der Waals surface area contributed by atoms with Crippen LogP contribution in [0.2, 0.25) is 0 Å². The Morgan fingerprint density at radius 1 is 1.27 bits per heavy atom. The number of nitrogens with zero attached hydrogens (tertiary/aromatic N) is 1. The first-order chi connectivity index (χ1) is 5.08. The van der Waals surface area contributed by atoms with Crippen LogP contribution < -0.4 is 0 Å². The predicted octanol–water partition coefficient (Wildman–Crippen LogP) is 2.20. The molecule has 0 atom stereocenters. The number of hydrogen-bond acceptors (Lipinski definition) is 1. The molecule has 1 heterocycles. The second-order valence-corrected chi connectivity index (χ2v) is 1.94. The Balaban J connectivity index is 2.66. The monoisotopic (exact) mass is 160 g/mol. The molecule has 0 aliphatic carbocycles. The molecule has 1 nitrogen and oxygen atoms in total. The summed E-state index contributed by atoms with van der Waals surface area (Å²) in [6.07, 6.45) is -2.81. The molecule has 4 heteroatoms. The smallest absolute Gasteiger partial charge is 0.261 e. The third-order valence-electron chi connectivity index (χ3n) is 0.999. The van der Waals surface area contributed by atoms with Crippen LogP contribution in [0.5, 0.6) is 0 Å². The number of pyridine rings is 1. The molecular weight excluding hydrogens is 155 g/mol. The molecule has 11 heavy (non-hydrogen) atoms. The zero-order valence-corrected chi connectivity index (χ0v) is 5.47. The Labute approximate surface area is 61.9 Å². The fourth-order valence-electron chi connectivity index (χ4n) is 0.629. The van der Waals surface area contributed by atoms with E-state index < -0.39 is 6.18 Å². The second-order valence-electron chi connectivity index (χ2n) is 1.94. The van der Waals surface area contributed by atoms with Crippen molar-refractivity contribution in [1.29, 1.82) is 0 Å². The molecule has 1 aromatic heterocycles. The molecule has 0 aliphatic heterocycles. The minimum absolute atomic E-state index is 0.0694. The van der Waals surface area contributed by atoms with E-state index >= 15 is 0 Å². The second kappa shape index (κ2) is 2.90. The van der Waals surface area contributed by atoms with Gasteiger partial charge in [0.05, 0.1) is 5.69 Å². The van der Waals surface area contributed by atoms with Crippen LogP contribution in [0, 0.1) is 6.42 Å². The molecule has 1 rings (SSSR count). The first kappa shape index (κ1) is 8.04. The average Bonchev–Trinajstić information content (AvgIpc) is 1.85. The van der Waals surface area contributed by atoms with E-state index in [1.807, 2.05) is 0 Å². The van der Waals surface area contributed by atoms with Crippen LogP contribution in [0.25, 0.3) is 0 Å². The quantitative estimate of drug-likeness (QED) is 0.613. The molecule has 0 saturated carbocycles. The Bertz CT molecular complexity index is 217. The van der Waals surface area contributed by atoms with E-state index in [4.69, 9.17) is 0 Å². The number of alkyl halides is 3. The van der Waals surface area contributed by atoms with E-state index in [2.05, 4.69) is 4.98 Å². The highest BCUT2D eigenvalue weighted by Gasteiger charge is 2.28. The van der Waals surface area contributed by atoms with Gasteiger partial charge in [0.15, 0.2) is 0 Å². The fourth-order valence-corrected chi connectivity index (χ4v) is 0.629. The van der Waals surface area contributed by atoms with Gasteiger partial charge < -0.3 is 0 Å². The third kappa shape index (κ3) is 3.02. The van der Waals surface area contributed by atoms with Crippen LogP contribution in [0.4, 0.5) is 13.2 Å². The topological polar surface area (TPSA) is 12.9 Å². The average molecular weight is 160 g/mol. The summed E-state index contributed by atoms with van der Waals surface area (Å²) in [6.45, 7) is 0. The molecule has 0 saturated heterocycles. The standard InChI is InChI=1S/C7H5F3N/c8-7(9,10)5-6-3-1-2-4-11-6/h1-5H. The first-order valence-corrected chi connectivity index (χ1v) is 2.91. The lowest BCUT2D eigenvalue weighted by atomic mass is 10.3. The van der Waals surface area contributed by atoms with Gasteiger partial charge in [-0.3, -0.25) is 4.98 Å². The summed E-state index contributed by atoms with van der Waals surface area (Å²) in [5, 5.41) is 0. The fraction of sp³-hybridized carbons (Fsp3) is 0.143. The zero-order chi connectivity index (χ0) is 8.32. The van der Waals surface area contributed by atoms with Gasteiger partial charge >= 0.3 is 6.18 Å². The number of rotatable bonds is 1. The maximum absolute atomic E-state index is 11.6. The zero-order valence-electron chi connectivity index (χ0n) is 5.47. The maximum Gasteiger partial charge on any atom is 0.398 e. The van der Waals surface area contributed by atoms with E-state index in [0.29, 0.717) is 0 Å². The lowest BCUT2D eigenvalue weighted by Crippen LogP contribution is -2.09. The van der Waals surface area contributed by atoms with Gasteiger partial charge in [0.2, 0.25) is 0 Å². The third-order valence-corrected chi connectivity index (χ3v) is 0.999. The highest BCUT2D eigenvalue weighted by molar-refractivity contribution is 5.14. The summed E-state index contributed by atoms with van der Waals surface area (Å²) in [6, 6.07) is 4.37. The maximum atomic E-state index is 11.6. The van der Waals surface area contributed by atoms with E-state index in [0.717, 1.165) is 0 Å². The summed E-state index contributed by atoms with van der Waals surface area (Å²) in [7, 11) is 0. The number of hydrogen-bond donors (Lipinski definition) is 0. The highest BCUT2D eigenvalue weighted by atomic mass is 19.4. The summed E-state index contributed by atoms with van der Waals surface area (Å²) in [5.41, 5.74) is -0.0694. The Morgan fingerprint density at radius 3 is 2.45 bits per heavy atom. The van der Waals surface area contributed by atoms with E-state index in [1.165, 1.54) is 18.3 Å². The lowest BCUT2D eigenvalue weighted by Gasteiger charge is -2.02. The van der Waals surface area contributed by atoms with Gasteiger partial charge in [0.25, 0.3) is 0 Å². The summed E-state index contributed by atoms with van der Waals surface area (Å²) in [5.74, 6) is 0. The van der Waals surface area contributed by atoms with Crippen LogP contribution >= 0.6 is 0 Å². The molecule has 0 aromatic carbocycles.